The fraction of sp³-hybridized carbons (Fsp3) is 0.433. The number of ether oxygens (including phenoxy) is 2. The Morgan fingerprint density at radius 2 is 1.83 bits per heavy atom. The third-order valence-corrected chi connectivity index (χ3v) is 7.39. The van der Waals surface area contributed by atoms with Crippen LogP contribution in [0.5, 0.6) is 11.5 Å². The lowest BCUT2D eigenvalue weighted by Crippen LogP contribution is -2.58. The van der Waals surface area contributed by atoms with E-state index in [4.69, 9.17) is 9.47 Å². The van der Waals surface area contributed by atoms with Gasteiger partial charge < -0.3 is 24.6 Å². The number of hydrogen-bond donors (Lipinski definition) is 2. The maximum absolute atomic E-state index is 13.1. The molecule has 11 nitrogen and oxygen atoms in total. The number of aromatic amines is 1. The van der Waals surface area contributed by atoms with Crippen LogP contribution in [-0.2, 0) is 38.6 Å². The number of aryl methyl sites for hydroxylation is 3. The zero-order valence-electron chi connectivity index (χ0n) is 23.5. The molecule has 41 heavy (non-hydrogen) atoms. The Morgan fingerprint density at radius 3 is 2.59 bits per heavy atom. The summed E-state index contributed by atoms with van der Waals surface area (Å²) in [5.74, 6) is 2.24. The van der Waals surface area contributed by atoms with Crippen molar-refractivity contribution in [2.24, 2.45) is 0 Å². The number of benzene rings is 2. The normalized spacial score (nSPS) is 20.3. The van der Waals surface area contributed by atoms with E-state index in [9.17, 15) is 14.4 Å². The second-order valence-corrected chi connectivity index (χ2v) is 10.6. The van der Waals surface area contributed by atoms with E-state index in [-0.39, 0.29) is 43.2 Å². The highest BCUT2D eigenvalue weighted by Crippen LogP contribution is 2.25. The van der Waals surface area contributed by atoms with Crippen LogP contribution in [0.1, 0.15) is 42.0 Å². The number of carbonyl (C=O) groups excluding carboxylic acids is 3. The largest absolute Gasteiger partial charge is 0.457 e. The molecule has 2 aliphatic heterocycles. The van der Waals surface area contributed by atoms with Gasteiger partial charge in [0.15, 0.2) is 5.82 Å². The van der Waals surface area contributed by atoms with Crippen molar-refractivity contribution < 1.29 is 23.9 Å². The third-order valence-electron chi connectivity index (χ3n) is 7.39. The molecule has 0 spiro atoms. The number of rotatable bonds is 3. The number of H-pyrrole nitrogens is 1. The van der Waals surface area contributed by atoms with Crippen molar-refractivity contribution >= 4 is 17.7 Å². The minimum Gasteiger partial charge on any atom is -0.457 e. The number of likely N-dealkylation sites (tertiary alicyclic amines) is 1. The minimum absolute atomic E-state index is 0.0278. The number of nitrogens with one attached hydrogen (secondary N) is 2. The zero-order valence-corrected chi connectivity index (χ0v) is 23.5. The number of carbonyl (C=O) groups is 3. The molecule has 2 N–H and O–H groups in total. The lowest BCUT2D eigenvalue weighted by atomic mass is 10.0. The Labute approximate surface area is 239 Å². The number of aromatic nitrogens is 3. The molecule has 2 aliphatic rings. The van der Waals surface area contributed by atoms with Gasteiger partial charge in [-0.15, -0.1) is 0 Å². The van der Waals surface area contributed by atoms with Crippen molar-refractivity contribution in [1.82, 2.24) is 30.3 Å². The van der Waals surface area contributed by atoms with E-state index >= 15 is 0 Å². The van der Waals surface area contributed by atoms with Crippen LogP contribution in [0.3, 0.4) is 0 Å². The molecule has 4 bridgehead atoms. The second kappa shape index (κ2) is 12.9. The van der Waals surface area contributed by atoms with Gasteiger partial charge in [0, 0.05) is 39.4 Å². The Kier molecular flexibility index (Phi) is 8.93. The Hall–Kier alpha value is -4.25. The summed E-state index contributed by atoms with van der Waals surface area (Å²) in [5.41, 5.74) is 1.91. The summed E-state index contributed by atoms with van der Waals surface area (Å²) < 4.78 is 12.4. The molecule has 0 radical (unpaired) electrons. The minimum atomic E-state index is -0.424. The number of piperidine rings is 1. The molecule has 3 amide bonds. The van der Waals surface area contributed by atoms with Crippen LogP contribution in [-0.4, -0.2) is 81.5 Å². The lowest BCUT2D eigenvalue weighted by molar-refractivity contribution is -0.138. The average Bonchev–Trinajstić information content (AvgIpc) is 3.38. The van der Waals surface area contributed by atoms with E-state index in [1.165, 1.54) is 4.90 Å². The predicted molar refractivity (Wildman–Crippen MR) is 150 cm³/mol. The number of hydrogen-bond acceptors (Lipinski definition) is 7. The van der Waals surface area contributed by atoms with Crippen molar-refractivity contribution in [2.75, 3.05) is 26.7 Å². The van der Waals surface area contributed by atoms with Gasteiger partial charge in [0.05, 0.1) is 25.3 Å². The molecule has 3 heterocycles. The molecule has 1 fully saturated rings. The SMILES string of the molecule is Cc1nc(CCC(=O)N2CC[C@H]3OCc4cccc(c4)Oc4cccc(c4)CCC(=O)N(C)CC(=O)N[C@H]3C2)n[nH]1. The topological polar surface area (TPSA) is 130 Å². The summed E-state index contributed by atoms with van der Waals surface area (Å²) >= 11 is 0. The zero-order chi connectivity index (χ0) is 28.8. The first kappa shape index (κ1) is 28.3. The van der Waals surface area contributed by atoms with E-state index in [0.717, 1.165) is 11.1 Å². The van der Waals surface area contributed by atoms with E-state index < -0.39 is 6.04 Å². The van der Waals surface area contributed by atoms with Gasteiger partial charge in [-0.1, -0.05) is 24.3 Å². The molecule has 1 saturated heterocycles. The van der Waals surface area contributed by atoms with Gasteiger partial charge >= 0.3 is 0 Å². The lowest BCUT2D eigenvalue weighted by Gasteiger charge is -2.39. The average molecular weight is 561 g/mol. The highest BCUT2D eigenvalue weighted by molar-refractivity contribution is 5.85. The number of amides is 3. The molecular weight excluding hydrogens is 524 g/mol. The standard InChI is InChI=1S/C30H36N6O5/c1-20-31-27(34-33-20)10-12-30(39)36-14-13-26-25(17-36)32-28(37)18-35(2)29(38)11-9-21-5-3-7-23(15-21)41-24-8-4-6-22(16-24)19-40-26/h3-8,15-16,25-26H,9-14,17-19H2,1-2H3,(H,32,37)(H,31,33,34)/t25-,26+/m0/s1. The number of likely N-dealkylation sites (N-methyl/N-ethyl adjacent to an activating group) is 1. The summed E-state index contributed by atoms with van der Waals surface area (Å²) in [7, 11) is 1.63. The van der Waals surface area contributed by atoms with Crippen LogP contribution >= 0.6 is 0 Å². The van der Waals surface area contributed by atoms with Crippen LogP contribution in [0, 0.1) is 6.92 Å². The van der Waals surface area contributed by atoms with Crippen LogP contribution in [0.4, 0.5) is 0 Å². The first-order valence-corrected chi connectivity index (χ1v) is 14.0. The molecule has 0 unspecified atom stereocenters. The van der Waals surface area contributed by atoms with Gasteiger partial charge in [-0.25, -0.2) is 4.98 Å². The summed E-state index contributed by atoms with van der Waals surface area (Å²) in [6, 6.07) is 15.0. The predicted octanol–water partition coefficient (Wildman–Crippen LogP) is 2.55. The monoisotopic (exact) mass is 560 g/mol. The Morgan fingerprint density at radius 1 is 1.07 bits per heavy atom. The van der Waals surface area contributed by atoms with E-state index in [0.29, 0.717) is 62.1 Å². The molecule has 5 rings (SSSR count). The van der Waals surface area contributed by atoms with E-state index in [2.05, 4.69) is 20.5 Å². The first-order chi connectivity index (χ1) is 19.8. The van der Waals surface area contributed by atoms with Crippen LogP contribution in [0.2, 0.25) is 0 Å². The van der Waals surface area contributed by atoms with Gasteiger partial charge in [-0.05, 0) is 55.2 Å². The fourth-order valence-corrected chi connectivity index (χ4v) is 5.17. The fourth-order valence-electron chi connectivity index (χ4n) is 5.17. The van der Waals surface area contributed by atoms with E-state index in [1.807, 2.05) is 55.5 Å². The van der Waals surface area contributed by atoms with Crippen LogP contribution < -0.4 is 10.1 Å². The van der Waals surface area contributed by atoms with E-state index in [1.54, 1.807) is 11.9 Å². The van der Waals surface area contributed by atoms with Gasteiger partial charge in [0.1, 0.15) is 17.3 Å². The van der Waals surface area contributed by atoms with Crippen molar-refractivity contribution in [3.05, 3.63) is 71.3 Å². The van der Waals surface area contributed by atoms with Crippen molar-refractivity contribution in [2.45, 2.75) is 57.8 Å². The quantitative estimate of drug-likeness (QED) is 0.504. The Balaban J connectivity index is 1.31. The van der Waals surface area contributed by atoms with Crippen LogP contribution in [0.15, 0.2) is 48.5 Å². The van der Waals surface area contributed by atoms with Crippen molar-refractivity contribution in [3.63, 3.8) is 0 Å². The summed E-state index contributed by atoms with van der Waals surface area (Å²) in [6.07, 6.45) is 1.77. The molecular formula is C30H36N6O5. The molecule has 2 aromatic carbocycles. The maximum atomic E-state index is 13.1. The highest BCUT2D eigenvalue weighted by Gasteiger charge is 2.33. The van der Waals surface area contributed by atoms with Crippen molar-refractivity contribution in [3.8, 4) is 11.5 Å². The smallest absolute Gasteiger partial charge is 0.239 e. The molecule has 0 aliphatic carbocycles. The van der Waals surface area contributed by atoms with Gasteiger partial charge in [-0.2, -0.15) is 5.10 Å². The van der Waals surface area contributed by atoms with Gasteiger partial charge in [0.25, 0.3) is 0 Å². The molecule has 2 atom stereocenters. The molecule has 0 saturated carbocycles. The maximum Gasteiger partial charge on any atom is 0.239 e. The molecule has 1 aromatic heterocycles. The van der Waals surface area contributed by atoms with Crippen molar-refractivity contribution in [1.29, 1.82) is 0 Å². The van der Waals surface area contributed by atoms with Gasteiger partial charge in [-0.3, -0.25) is 19.5 Å². The highest BCUT2D eigenvalue weighted by atomic mass is 16.5. The number of fused-ring (bicyclic) bond motifs is 5. The second-order valence-electron chi connectivity index (χ2n) is 10.6. The molecule has 11 heteroatoms. The van der Waals surface area contributed by atoms with Crippen LogP contribution in [0.25, 0.3) is 0 Å². The molecule has 216 valence electrons. The first-order valence-electron chi connectivity index (χ1n) is 14.0. The summed E-state index contributed by atoms with van der Waals surface area (Å²) in [4.78, 5) is 46.4. The van der Waals surface area contributed by atoms with Gasteiger partial charge in [0.2, 0.25) is 17.7 Å². The summed E-state index contributed by atoms with van der Waals surface area (Å²) in [5, 5.41) is 9.95. The third kappa shape index (κ3) is 7.69. The summed E-state index contributed by atoms with van der Waals surface area (Å²) in [6.45, 7) is 2.89. The number of nitrogens with zero attached hydrogens (tertiary/aromatic N) is 4. The Bertz CT molecular complexity index is 1390. The molecule has 3 aromatic rings.